The molecule has 0 radical (unpaired) electrons. The zero-order valence-corrected chi connectivity index (χ0v) is 17.7. The number of nitrogens with zero attached hydrogens (tertiary/aromatic N) is 3. The number of piperazine rings is 1. The minimum Gasteiger partial charge on any atom is -0.363 e. The summed E-state index contributed by atoms with van der Waals surface area (Å²) in [5.41, 5.74) is 1.71. The van der Waals surface area contributed by atoms with Gasteiger partial charge in [-0.1, -0.05) is 71.2 Å². The van der Waals surface area contributed by atoms with Gasteiger partial charge in [-0.05, 0) is 17.7 Å². The molecular formula is C21H18Cl3N3O2. The van der Waals surface area contributed by atoms with Crippen LogP contribution in [0.4, 0.5) is 5.69 Å². The molecule has 1 fully saturated rings. The third kappa shape index (κ3) is 3.88. The van der Waals surface area contributed by atoms with Gasteiger partial charge in [0.05, 0.1) is 15.7 Å². The predicted octanol–water partition coefficient (Wildman–Crippen LogP) is 4.13. The van der Waals surface area contributed by atoms with Crippen LogP contribution >= 0.6 is 34.8 Å². The first kappa shape index (κ1) is 20.2. The molecule has 0 N–H and O–H groups in total. The van der Waals surface area contributed by atoms with E-state index in [-0.39, 0.29) is 26.5 Å². The molecule has 2 aliphatic heterocycles. The Labute approximate surface area is 184 Å². The SMILES string of the molecule is O=C1C(Cl)=C(N2CCN(Cc3ccccc3)CC2)C(=O)N1c1cccc(Cl)c1Cl. The molecule has 2 heterocycles. The molecule has 150 valence electrons. The fraction of sp³-hybridized carbons (Fsp3) is 0.238. The Kier molecular flexibility index (Phi) is 5.83. The average Bonchev–Trinajstić information content (AvgIpc) is 2.94. The topological polar surface area (TPSA) is 43.9 Å². The Morgan fingerprint density at radius 3 is 2.17 bits per heavy atom. The van der Waals surface area contributed by atoms with E-state index in [9.17, 15) is 9.59 Å². The van der Waals surface area contributed by atoms with Crippen molar-refractivity contribution in [2.75, 3.05) is 31.1 Å². The minimum atomic E-state index is -0.581. The van der Waals surface area contributed by atoms with Gasteiger partial charge >= 0.3 is 0 Å². The van der Waals surface area contributed by atoms with Crippen LogP contribution in [-0.4, -0.2) is 47.8 Å². The number of rotatable bonds is 4. The van der Waals surface area contributed by atoms with E-state index in [1.807, 2.05) is 23.1 Å². The molecule has 5 nitrogen and oxygen atoms in total. The van der Waals surface area contributed by atoms with Crippen LogP contribution < -0.4 is 4.90 Å². The number of carbonyl (C=O) groups is 2. The fourth-order valence-electron chi connectivity index (χ4n) is 3.62. The smallest absolute Gasteiger partial charge is 0.283 e. The molecule has 0 aliphatic carbocycles. The van der Waals surface area contributed by atoms with Crippen molar-refractivity contribution in [3.8, 4) is 0 Å². The van der Waals surface area contributed by atoms with Crippen molar-refractivity contribution in [2.24, 2.45) is 0 Å². The van der Waals surface area contributed by atoms with E-state index in [4.69, 9.17) is 34.8 Å². The van der Waals surface area contributed by atoms with E-state index in [0.717, 1.165) is 24.5 Å². The Balaban J connectivity index is 1.49. The van der Waals surface area contributed by atoms with E-state index in [0.29, 0.717) is 13.1 Å². The lowest BCUT2D eigenvalue weighted by Gasteiger charge is -2.36. The molecule has 0 unspecified atom stereocenters. The van der Waals surface area contributed by atoms with E-state index < -0.39 is 11.8 Å². The molecule has 0 spiro atoms. The van der Waals surface area contributed by atoms with Gasteiger partial charge in [-0.15, -0.1) is 0 Å². The third-order valence-electron chi connectivity index (χ3n) is 5.11. The molecule has 0 atom stereocenters. The van der Waals surface area contributed by atoms with Crippen LogP contribution in [-0.2, 0) is 16.1 Å². The quantitative estimate of drug-likeness (QED) is 0.657. The summed E-state index contributed by atoms with van der Waals surface area (Å²) in [6, 6.07) is 15.0. The summed E-state index contributed by atoms with van der Waals surface area (Å²) in [4.78, 5) is 31.0. The summed E-state index contributed by atoms with van der Waals surface area (Å²) >= 11 is 18.6. The van der Waals surface area contributed by atoms with Gasteiger partial charge in [0.1, 0.15) is 10.7 Å². The molecular weight excluding hydrogens is 433 g/mol. The number of carbonyl (C=O) groups excluding carboxylic acids is 2. The van der Waals surface area contributed by atoms with Crippen molar-refractivity contribution >= 4 is 52.3 Å². The van der Waals surface area contributed by atoms with E-state index in [1.54, 1.807) is 18.2 Å². The zero-order valence-electron chi connectivity index (χ0n) is 15.4. The standard InChI is InChI=1S/C21H18Cl3N3O2/c22-15-7-4-8-16(17(15)23)27-20(28)18(24)19(21(27)29)26-11-9-25(10-12-26)13-14-5-2-1-3-6-14/h1-8H,9-13H2. The maximum absolute atomic E-state index is 13.1. The number of hydrogen-bond donors (Lipinski definition) is 0. The highest BCUT2D eigenvalue weighted by Gasteiger charge is 2.42. The molecule has 8 heteroatoms. The molecule has 2 aromatic rings. The second-order valence-electron chi connectivity index (χ2n) is 6.93. The number of halogens is 3. The maximum atomic E-state index is 13.1. The molecule has 1 saturated heterocycles. The summed E-state index contributed by atoms with van der Waals surface area (Å²) < 4.78 is 0. The first-order chi connectivity index (χ1) is 14.0. The summed E-state index contributed by atoms with van der Waals surface area (Å²) in [5, 5.41) is 0.334. The van der Waals surface area contributed by atoms with Crippen LogP contribution in [0.3, 0.4) is 0 Å². The highest BCUT2D eigenvalue weighted by Crippen LogP contribution is 2.38. The summed E-state index contributed by atoms with van der Waals surface area (Å²) in [6.45, 7) is 3.59. The number of hydrogen-bond acceptors (Lipinski definition) is 4. The summed E-state index contributed by atoms with van der Waals surface area (Å²) in [7, 11) is 0. The molecule has 0 saturated carbocycles. The van der Waals surface area contributed by atoms with Gasteiger partial charge in [-0.25, -0.2) is 4.90 Å². The number of anilines is 1. The Morgan fingerprint density at radius 2 is 1.48 bits per heavy atom. The van der Waals surface area contributed by atoms with E-state index >= 15 is 0 Å². The Morgan fingerprint density at radius 1 is 0.793 bits per heavy atom. The number of amides is 2. The second kappa shape index (κ2) is 8.36. The van der Waals surface area contributed by atoms with Crippen LogP contribution in [0.5, 0.6) is 0 Å². The molecule has 29 heavy (non-hydrogen) atoms. The van der Waals surface area contributed by atoms with Crippen LogP contribution in [0.15, 0.2) is 59.3 Å². The monoisotopic (exact) mass is 449 g/mol. The van der Waals surface area contributed by atoms with Crippen LogP contribution in [0.25, 0.3) is 0 Å². The highest BCUT2D eigenvalue weighted by atomic mass is 35.5. The first-order valence-corrected chi connectivity index (χ1v) is 10.3. The van der Waals surface area contributed by atoms with E-state index in [2.05, 4.69) is 17.0 Å². The van der Waals surface area contributed by atoms with Crippen LogP contribution in [0, 0.1) is 0 Å². The van der Waals surface area contributed by atoms with Gasteiger partial charge in [0.25, 0.3) is 11.8 Å². The lowest BCUT2D eigenvalue weighted by Crippen LogP contribution is -2.47. The largest absolute Gasteiger partial charge is 0.363 e. The number of imide groups is 1. The number of benzene rings is 2. The molecule has 2 aliphatic rings. The van der Waals surface area contributed by atoms with Gasteiger partial charge in [0.2, 0.25) is 0 Å². The lowest BCUT2D eigenvalue weighted by atomic mass is 10.2. The normalized spacial score (nSPS) is 18.2. The highest BCUT2D eigenvalue weighted by molar-refractivity contribution is 6.54. The van der Waals surface area contributed by atoms with Crippen LogP contribution in [0.1, 0.15) is 5.56 Å². The minimum absolute atomic E-state index is 0.0810. The van der Waals surface area contributed by atoms with Crippen molar-refractivity contribution in [1.29, 1.82) is 0 Å². The van der Waals surface area contributed by atoms with E-state index in [1.165, 1.54) is 5.56 Å². The molecule has 2 amide bonds. The van der Waals surface area contributed by atoms with Crippen molar-refractivity contribution in [1.82, 2.24) is 9.80 Å². The fourth-order valence-corrected chi connectivity index (χ4v) is 4.29. The summed E-state index contributed by atoms with van der Waals surface area (Å²) in [6.07, 6.45) is 0. The Bertz CT molecular complexity index is 986. The van der Waals surface area contributed by atoms with Gasteiger partial charge in [0, 0.05) is 32.7 Å². The van der Waals surface area contributed by atoms with Crippen LogP contribution in [0.2, 0.25) is 10.0 Å². The molecule has 0 aromatic heterocycles. The van der Waals surface area contributed by atoms with Gasteiger partial charge in [-0.3, -0.25) is 14.5 Å². The zero-order chi connectivity index (χ0) is 20.5. The molecule has 0 bridgehead atoms. The van der Waals surface area contributed by atoms with Crippen molar-refractivity contribution in [2.45, 2.75) is 6.54 Å². The van der Waals surface area contributed by atoms with Crippen molar-refractivity contribution in [3.05, 3.63) is 74.9 Å². The van der Waals surface area contributed by atoms with Gasteiger partial charge in [0.15, 0.2) is 0 Å². The molecule has 4 rings (SSSR count). The first-order valence-electron chi connectivity index (χ1n) is 9.21. The van der Waals surface area contributed by atoms with Gasteiger partial charge < -0.3 is 4.90 Å². The second-order valence-corrected chi connectivity index (χ2v) is 8.09. The maximum Gasteiger partial charge on any atom is 0.283 e. The predicted molar refractivity (Wildman–Crippen MR) is 115 cm³/mol. The Hall–Kier alpha value is -2.05. The van der Waals surface area contributed by atoms with Crippen molar-refractivity contribution < 1.29 is 9.59 Å². The average molecular weight is 451 g/mol. The lowest BCUT2D eigenvalue weighted by molar-refractivity contribution is -0.121. The van der Waals surface area contributed by atoms with Gasteiger partial charge in [-0.2, -0.15) is 0 Å². The summed E-state index contributed by atoms with van der Waals surface area (Å²) in [5.74, 6) is -1.05. The van der Waals surface area contributed by atoms with Crippen molar-refractivity contribution in [3.63, 3.8) is 0 Å². The third-order valence-corrected chi connectivity index (χ3v) is 6.26. The molecule has 2 aromatic carbocycles.